The molecule has 1 saturated heterocycles. The van der Waals surface area contributed by atoms with E-state index in [1.165, 1.54) is 24.1 Å². The second-order valence-electron chi connectivity index (χ2n) is 8.19. The highest BCUT2D eigenvalue weighted by Crippen LogP contribution is 2.33. The first kappa shape index (κ1) is 18.7. The average Bonchev–Trinajstić information content (AvgIpc) is 3.41. The summed E-state index contributed by atoms with van der Waals surface area (Å²) in [6.45, 7) is 4.37. The third kappa shape index (κ3) is 3.52. The number of nitrogens with one attached hydrogen (secondary N) is 1. The standard InChI is InChI=1S/C25H26N4O/c1-18-14-19-6-2-3-7-24(19)29(18)25(30)20-15-22(17-26-16-20)27-21-8-10-23(11-9-21)28-12-4-5-13-28/h2-3,6-11,15-18,27H,4-5,12-14H2,1H3. The summed E-state index contributed by atoms with van der Waals surface area (Å²) in [5.74, 6) is -0.00650. The van der Waals surface area contributed by atoms with Crippen LogP contribution < -0.4 is 15.1 Å². The number of hydrogen-bond donors (Lipinski definition) is 1. The molecule has 1 unspecified atom stereocenters. The fourth-order valence-corrected chi connectivity index (χ4v) is 4.54. The van der Waals surface area contributed by atoms with Crippen molar-refractivity contribution in [1.82, 2.24) is 4.98 Å². The number of rotatable bonds is 4. The Labute approximate surface area is 177 Å². The zero-order valence-corrected chi connectivity index (χ0v) is 17.2. The number of benzene rings is 2. The van der Waals surface area contributed by atoms with Crippen molar-refractivity contribution in [2.24, 2.45) is 0 Å². The monoisotopic (exact) mass is 398 g/mol. The highest BCUT2D eigenvalue weighted by molar-refractivity contribution is 6.08. The van der Waals surface area contributed by atoms with Crippen LogP contribution in [0.15, 0.2) is 67.0 Å². The van der Waals surface area contributed by atoms with Crippen LogP contribution in [0.5, 0.6) is 0 Å². The quantitative estimate of drug-likeness (QED) is 0.671. The molecular weight excluding hydrogens is 372 g/mol. The van der Waals surface area contributed by atoms with Crippen molar-refractivity contribution in [3.8, 4) is 0 Å². The Morgan fingerprint density at radius 1 is 1.00 bits per heavy atom. The van der Waals surface area contributed by atoms with Gasteiger partial charge < -0.3 is 15.1 Å². The van der Waals surface area contributed by atoms with E-state index in [9.17, 15) is 4.79 Å². The van der Waals surface area contributed by atoms with Gasteiger partial charge in [-0.25, -0.2) is 0 Å². The van der Waals surface area contributed by atoms with Crippen LogP contribution in [0.3, 0.4) is 0 Å². The van der Waals surface area contributed by atoms with Crippen LogP contribution in [0, 0.1) is 0 Å². The van der Waals surface area contributed by atoms with Crippen molar-refractivity contribution in [3.63, 3.8) is 0 Å². The predicted molar refractivity (Wildman–Crippen MR) is 122 cm³/mol. The molecule has 2 aromatic carbocycles. The number of nitrogens with zero attached hydrogens (tertiary/aromatic N) is 3. The minimum Gasteiger partial charge on any atom is -0.372 e. The molecule has 0 bridgehead atoms. The zero-order chi connectivity index (χ0) is 20.5. The Hall–Kier alpha value is -3.34. The largest absolute Gasteiger partial charge is 0.372 e. The molecule has 5 nitrogen and oxygen atoms in total. The fraction of sp³-hybridized carbons (Fsp3) is 0.280. The van der Waals surface area contributed by atoms with Crippen molar-refractivity contribution < 1.29 is 4.79 Å². The molecule has 1 atom stereocenters. The highest BCUT2D eigenvalue weighted by atomic mass is 16.2. The summed E-state index contributed by atoms with van der Waals surface area (Å²) in [6.07, 6.45) is 6.83. The van der Waals surface area contributed by atoms with Gasteiger partial charge in [-0.2, -0.15) is 0 Å². The first-order chi connectivity index (χ1) is 14.7. The molecular formula is C25H26N4O. The molecule has 0 spiro atoms. The molecule has 1 N–H and O–H groups in total. The Bertz CT molecular complexity index is 1060. The molecule has 1 fully saturated rings. The highest BCUT2D eigenvalue weighted by Gasteiger charge is 2.31. The van der Waals surface area contributed by atoms with Crippen molar-refractivity contribution in [1.29, 1.82) is 0 Å². The van der Waals surface area contributed by atoms with E-state index in [0.717, 1.165) is 36.6 Å². The molecule has 0 radical (unpaired) electrons. The van der Waals surface area contributed by atoms with Crippen LogP contribution in [0.4, 0.5) is 22.7 Å². The summed E-state index contributed by atoms with van der Waals surface area (Å²) in [6, 6.07) is 18.6. The topological polar surface area (TPSA) is 48.5 Å². The molecule has 1 amide bonds. The van der Waals surface area contributed by atoms with E-state index in [2.05, 4.69) is 52.5 Å². The molecule has 3 heterocycles. The smallest absolute Gasteiger partial charge is 0.260 e. The summed E-state index contributed by atoms with van der Waals surface area (Å²) in [5.41, 5.74) is 5.89. The lowest BCUT2D eigenvalue weighted by molar-refractivity contribution is 0.0981. The molecule has 2 aliphatic heterocycles. The first-order valence-corrected chi connectivity index (χ1v) is 10.7. The summed E-state index contributed by atoms with van der Waals surface area (Å²) in [7, 11) is 0. The zero-order valence-electron chi connectivity index (χ0n) is 17.2. The second kappa shape index (κ2) is 7.82. The molecule has 0 aliphatic carbocycles. The number of carbonyl (C=O) groups excluding carboxylic acids is 1. The molecule has 3 aromatic rings. The maximum Gasteiger partial charge on any atom is 0.260 e. The van der Waals surface area contributed by atoms with Gasteiger partial charge in [-0.05, 0) is 68.1 Å². The van der Waals surface area contributed by atoms with Crippen LogP contribution in [0.2, 0.25) is 0 Å². The lowest BCUT2D eigenvalue weighted by Gasteiger charge is -2.23. The summed E-state index contributed by atoms with van der Waals surface area (Å²) < 4.78 is 0. The molecule has 5 rings (SSSR count). The Kier molecular flexibility index (Phi) is 4.87. The third-order valence-electron chi connectivity index (χ3n) is 6.04. The second-order valence-corrected chi connectivity index (χ2v) is 8.19. The van der Waals surface area contributed by atoms with E-state index >= 15 is 0 Å². The minimum absolute atomic E-state index is 0.00650. The molecule has 2 aliphatic rings. The molecule has 5 heteroatoms. The molecule has 1 aromatic heterocycles. The van der Waals surface area contributed by atoms with Crippen molar-refractivity contribution >= 4 is 28.7 Å². The SMILES string of the molecule is CC1Cc2ccccc2N1C(=O)c1cncc(Nc2ccc(N3CCCC3)cc2)c1. The molecule has 30 heavy (non-hydrogen) atoms. The number of hydrogen-bond acceptors (Lipinski definition) is 4. The lowest BCUT2D eigenvalue weighted by Crippen LogP contribution is -2.35. The maximum absolute atomic E-state index is 13.3. The fourth-order valence-electron chi connectivity index (χ4n) is 4.54. The van der Waals surface area contributed by atoms with Crippen molar-refractivity contribution in [2.75, 3.05) is 28.2 Å². The van der Waals surface area contributed by atoms with E-state index in [1.807, 2.05) is 29.2 Å². The van der Waals surface area contributed by atoms with Crippen LogP contribution in [-0.2, 0) is 6.42 Å². The lowest BCUT2D eigenvalue weighted by atomic mass is 10.1. The number of pyridine rings is 1. The summed E-state index contributed by atoms with van der Waals surface area (Å²) >= 11 is 0. The third-order valence-corrected chi connectivity index (χ3v) is 6.04. The van der Waals surface area contributed by atoms with Crippen LogP contribution in [0.1, 0.15) is 35.7 Å². The van der Waals surface area contributed by atoms with E-state index in [4.69, 9.17) is 0 Å². The minimum atomic E-state index is -0.00650. The molecule has 0 saturated carbocycles. The van der Waals surface area contributed by atoms with Gasteiger partial charge in [0, 0.05) is 42.4 Å². The Morgan fingerprint density at radius 2 is 1.77 bits per heavy atom. The average molecular weight is 399 g/mol. The molecule has 152 valence electrons. The Morgan fingerprint density at radius 3 is 2.57 bits per heavy atom. The number of anilines is 4. The predicted octanol–water partition coefficient (Wildman–Crippen LogP) is 5.02. The number of fused-ring (bicyclic) bond motifs is 1. The van der Waals surface area contributed by atoms with Gasteiger partial charge in [-0.3, -0.25) is 9.78 Å². The van der Waals surface area contributed by atoms with E-state index < -0.39 is 0 Å². The van der Waals surface area contributed by atoms with Crippen molar-refractivity contribution in [3.05, 3.63) is 78.1 Å². The van der Waals surface area contributed by atoms with E-state index in [1.54, 1.807) is 12.4 Å². The van der Waals surface area contributed by atoms with E-state index in [-0.39, 0.29) is 11.9 Å². The van der Waals surface area contributed by atoms with Gasteiger partial charge in [0.1, 0.15) is 0 Å². The van der Waals surface area contributed by atoms with Crippen LogP contribution in [0.25, 0.3) is 0 Å². The summed E-state index contributed by atoms with van der Waals surface area (Å²) in [5, 5.41) is 3.39. The number of amides is 1. The number of para-hydroxylation sites is 1. The van der Waals surface area contributed by atoms with Gasteiger partial charge in [0.15, 0.2) is 0 Å². The number of carbonyl (C=O) groups is 1. The van der Waals surface area contributed by atoms with E-state index in [0.29, 0.717) is 5.56 Å². The van der Waals surface area contributed by atoms with Gasteiger partial charge in [0.05, 0.1) is 17.4 Å². The van der Waals surface area contributed by atoms with Gasteiger partial charge in [-0.1, -0.05) is 18.2 Å². The van der Waals surface area contributed by atoms with Crippen LogP contribution in [-0.4, -0.2) is 30.0 Å². The van der Waals surface area contributed by atoms with Crippen LogP contribution >= 0.6 is 0 Å². The Balaban J connectivity index is 1.34. The normalized spacial score (nSPS) is 17.8. The van der Waals surface area contributed by atoms with Gasteiger partial charge in [0.25, 0.3) is 5.91 Å². The summed E-state index contributed by atoms with van der Waals surface area (Å²) in [4.78, 5) is 21.9. The van der Waals surface area contributed by atoms with Gasteiger partial charge >= 0.3 is 0 Å². The maximum atomic E-state index is 13.3. The first-order valence-electron chi connectivity index (χ1n) is 10.7. The van der Waals surface area contributed by atoms with Gasteiger partial charge in [0.2, 0.25) is 0 Å². The van der Waals surface area contributed by atoms with Crippen molar-refractivity contribution in [2.45, 2.75) is 32.2 Å². The number of aromatic nitrogens is 1. The van der Waals surface area contributed by atoms with Gasteiger partial charge in [-0.15, -0.1) is 0 Å².